The zero-order valence-electron chi connectivity index (χ0n) is 11.1. The Morgan fingerprint density at radius 1 is 1.24 bits per heavy atom. The van der Waals surface area contributed by atoms with E-state index in [2.05, 4.69) is 43.2 Å². The molecule has 0 aliphatic carbocycles. The van der Waals surface area contributed by atoms with Gasteiger partial charge in [-0.25, -0.2) is 0 Å². The van der Waals surface area contributed by atoms with E-state index in [-0.39, 0.29) is 6.10 Å². The van der Waals surface area contributed by atoms with E-state index in [0.717, 1.165) is 26.0 Å². The quantitative estimate of drug-likeness (QED) is 0.752. The fourth-order valence-electron chi connectivity index (χ4n) is 2.10. The van der Waals surface area contributed by atoms with Gasteiger partial charge in [-0.1, -0.05) is 13.8 Å². The number of likely N-dealkylation sites (N-methyl/N-ethyl adjacent to an activating group) is 1. The van der Waals surface area contributed by atoms with Crippen LogP contribution in [-0.2, 0) is 11.2 Å². The van der Waals surface area contributed by atoms with E-state index in [0.29, 0.717) is 6.04 Å². The van der Waals surface area contributed by atoms with Gasteiger partial charge in [0, 0.05) is 25.0 Å². The summed E-state index contributed by atoms with van der Waals surface area (Å²) in [4.78, 5) is 4.05. The summed E-state index contributed by atoms with van der Waals surface area (Å²) >= 11 is 0. The van der Waals surface area contributed by atoms with Crippen molar-refractivity contribution in [3.63, 3.8) is 0 Å². The van der Waals surface area contributed by atoms with Crippen LogP contribution in [0.25, 0.3) is 0 Å². The molecule has 0 fully saturated rings. The first kappa shape index (κ1) is 14.1. The van der Waals surface area contributed by atoms with Gasteiger partial charge in [-0.2, -0.15) is 0 Å². The van der Waals surface area contributed by atoms with Gasteiger partial charge >= 0.3 is 0 Å². The molecule has 0 aliphatic rings. The van der Waals surface area contributed by atoms with Crippen molar-refractivity contribution in [2.75, 3.05) is 13.2 Å². The average Bonchev–Trinajstić information content (AvgIpc) is 2.37. The van der Waals surface area contributed by atoms with Crippen LogP contribution < -0.4 is 5.32 Å². The third-order valence-corrected chi connectivity index (χ3v) is 2.90. The summed E-state index contributed by atoms with van der Waals surface area (Å²) in [5.74, 6) is 0. The molecule has 96 valence electrons. The Hall–Kier alpha value is -0.930. The summed E-state index contributed by atoms with van der Waals surface area (Å²) in [6.45, 7) is 8.11. The third kappa shape index (κ3) is 4.84. The van der Waals surface area contributed by atoms with Gasteiger partial charge in [-0.15, -0.1) is 0 Å². The minimum absolute atomic E-state index is 0.285. The molecule has 3 nitrogen and oxygen atoms in total. The first-order valence-electron chi connectivity index (χ1n) is 6.55. The lowest BCUT2D eigenvalue weighted by Crippen LogP contribution is -2.42. The van der Waals surface area contributed by atoms with Crippen LogP contribution in [0.1, 0.15) is 32.8 Å². The number of nitrogens with zero attached hydrogens (tertiary/aromatic N) is 1. The molecule has 0 aromatic carbocycles. The van der Waals surface area contributed by atoms with Crippen LogP contribution in [0.4, 0.5) is 0 Å². The number of hydrogen-bond acceptors (Lipinski definition) is 3. The number of rotatable bonds is 8. The molecule has 0 saturated carbocycles. The molecule has 0 aliphatic heterocycles. The standard InChI is InChI=1S/C14H24N2O/c1-4-14(17-6-3)13(16-5-2)11-12-7-9-15-10-8-12/h7-10,13-14,16H,4-6,11H2,1-3H3. The van der Waals surface area contributed by atoms with Crippen LogP contribution in [0.5, 0.6) is 0 Å². The third-order valence-electron chi connectivity index (χ3n) is 2.90. The van der Waals surface area contributed by atoms with Crippen molar-refractivity contribution >= 4 is 0 Å². The predicted octanol–water partition coefficient (Wildman–Crippen LogP) is 2.42. The Bertz CT molecular complexity index is 290. The molecule has 1 heterocycles. The SMILES string of the molecule is CCNC(Cc1ccncc1)C(CC)OCC. The number of pyridine rings is 1. The van der Waals surface area contributed by atoms with E-state index in [1.807, 2.05) is 12.4 Å². The fraction of sp³-hybridized carbons (Fsp3) is 0.643. The van der Waals surface area contributed by atoms with Gasteiger partial charge in [0.2, 0.25) is 0 Å². The maximum Gasteiger partial charge on any atom is 0.0728 e. The molecular formula is C14H24N2O. The maximum absolute atomic E-state index is 5.80. The second-order valence-electron chi connectivity index (χ2n) is 4.13. The van der Waals surface area contributed by atoms with E-state index in [1.165, 1.54) is 5.56 Å². The molecule has 0 spiro atoms. The van der Waals surface area contributed by atoms with Gasteiger partial charge in [-0.05, 0) is 44.0 Å². The Balaban J connectivity index is 2.64. The van der Waals surface area contributed by atoms with Gasteiger partial charge in [0.25, 0.3) is 0 Å². The first-order valence-corrected chi connectivity index (χ1v) is 6.55. The summed E-state index contributed by atoms with van der Waals surface area (Å²) in [7, 11) is 0. The summed E-state index contributed by atoms with van der Waals surface area (Å²) < 4.78 is 5.80. The lowest BCUT2D eigenvalue weighted by molar-refractivity contribution is 0.0323. The van der Waals surface area contributed by atoms with Crippen LogP contribution in [0.2, 0.25) is 0 Å². The molecule has 17 heavy (non-hydrogen) atoms. The highest BCUT2D eigenvalue weighted by atomic mass is 16.5. The second-order valence-corrected chi connectivity index (χ2v) is 4.13. The highest BCUT2D eigenvalue weighted by Crippen LogP contribution is 2.11. The average molecular weight is 236 g/mol. The van der Waals surface area contributed by atoms with Crippen LogP contribution in [0.3, 0.4) is 0 Å². The van der Waals surface area contributed by atoms with Gasteiger partial charge in [-0.3, -0.25) is 4.98 Å². The Morgan fingerprint density at radius 3 is 2.47 bits per heavy atom. The summed E-state index contributed by atoms with van der Waals surface area (Å²) in [6, 6.07) is 4.53. The lowest BCUT2D eigenvalue weighted by Gasteiger charge is -2.27. The number of aromatic nitrogens is 1. The van der Waals surface area contributed by atoms with Gasteiger partial charge in [0.1, 0.15) is 0 Å². The molecule has 1 aromatic heterocycles. The zero-order valence-corrected chi connectivity index (χ0v) is 11.1. The topological polar surface area (TPSA) is 34.2 Å². The molecule has 1 aromatic rings. The number of ether oxygens (including phenoxy) is 1. The van der Waals surface area contributed by atoms with E-state index < -0.39 is 0 Å². The molecule has 0 radical (unpaired) electrons. The Labute approximate surface area is 105 Å². The normalized spacial score (nSPS) is 14.5. The van der Waals surface area contributed by atoms with Crippen molar-refractivity contribution in [1.29, 1.82) is 0 Å². The lowest BCUT2D eigenvalue weighted by atomic mass is 10.00. The van der Waals surface area contributed by atoms with Crippen molar-refractivity contribution < 1.29 is 4.74 Å². The van der Waals surface area contributed by atoms with E-state index >= 15 is 0 Å². The summed E-state index contributed by atoms with van der Waals surface area (Å²) in [5, 5.41) is 3.52. The van der Waals surface area contributed by atoms with Gasteiger partial charge < -0.3 is 10.1 Å². The second kappa shape index (κ2) is 8.20. The highest BCUT2D eigenvalue weighted by Gasteiger charge is 2.19. The molecule has 1 N–H and O–H groups in total. The maximum atomic E-state index is 5.80. The van der Waals surface area contributed by atoms with Gasteiger partial charge in [0.15, 0.2) is 0 Å². The first-order chi connectivity index (χ1) is 8.31. The van der Waals surface area contributed by atoms with E-state index in [4.69, 9.17) is 4.74 Å². The molecule has 2 atom stereocenters. The van der Waals surface area contributed by atoms with Crippen molar-refractivity contribution in [2.45, 2.75) is 45.8 Å². The monoisotopic (exact) mass is 236 g/mol. The molecule has 3 heteroatoms. The Kier molecular flexibility index (Phi) is 6.82. The van der Waals surface area contributed by atoms with E-state index in [9.17, 15) is 0 Å². The number of hydrogen-bond donors (Lipinski definition) is 1. The van der Waals surface area contributed by atoms with Crippen LogP contribution >= 0.6 is 0 Å². The van der Waals surface area contributed by atoms with Crippen molar-refractivity contribution in [3.8, 4) is 0 Å². The highest BCUT2D eigenvalue weighted by molar-refractivity contribution is 5.12. The minimum Gasteiger partial charge on any atom is -0.377 e. The van der Waals surface area contributed by atoms with Crippen molar-refractivity contribution in [1.82, 2.24) is 10.3 Å². The van der Waals surface area contributed by atoms with E-state index in [1.54, 1.807) is 0 Å². The molecular weight excluding hydrogens is 212 g/mol. The molecule has 0 saturated heterocycles. The van der Waals surface area contributed by atoms with Crippen LogP contribution in [0.15, 0.2) is 24.5 Å². The van der Waals surface area contributed by atoms with Crippen molar-refractivity contribution in [2.24, 2.45) is 0 Å². The minimum atomic E-state index is 0.285. The predicted molar refractivity (Wildman–Crippen MR) is 71.1 cm³/mol. The van der Waals surface area contributed by atoms with Gasteiger partial charge in [0.05, 0.1) is 6.10 Å². The molecule has 0 amide bonds. The molecule has 2 unspecified atom stereocenters. The molecule has 0 bridgehead atoms. The fourth-order valence-corrected chi connectivity index (χ4v) is 2.10. The smallest absolute Gasteiger partial charge is 0.0728 e. The molecule has 1 rings (SSSR count). The largest absolute Gasteiger partial charge is 0.377 e. The Morgan fingerprint density at radius 2 is 1.94 bits per heavy atom. The van der Waals surface area contributed by atoms with Crippen molar-refractivity contribution in [3.05, 3.63) is 30.1 Å². The van der Waals surface area contributed by atoms with Crippen LogP contribution in [0, 0.1) is 0 Å². The summed E-state index contributed by atoms with van der Waals surface area (Å²) in [5.41, 5.74) is 1.31. The van der Waals surface area contributed by atoms with Crippen LogP contribution in [-0.4, -0.2) is 30.3 Å². The number of nitrogens with one attached hydrogen (secondary N) is 1. The summed E-state index contributed by atoms with van der Waals surface area (Å²) in [6.07, 6.45) is 6.01. The zero-order chi connectivity index (χ0) is 12.5.